The molecule has 0 aromatic heterocycles. The van der Waals surface area contributed by atoms with Gasteiger partial charge in [0, 0.05) is 6.04 Å². The van der Waals surface area contributed by atoms with Gasteiger partial charge in [0.15, 0.2) is 0 Å². The van der Waals surface area contributed by atoms with E-state index in [0.29, 0.717) is 6.04 Å². The molecule has 0 aliphatic rings. The van der Waals surface area contributed by atoms with Gasteiger partial charge in [-0.2, -0.15) is 0 Å². The SMILES string of the molecule is C/C(=C\Br)CCC(C)N. The normalized spacial score (nSPS) is 15.8. The van der Waals surface area contributed by atoms with E-state index in [4.69, 9.17) is 5.73 Å². The fourth-order valence-corrected chi connectivity index (χ4v) is 0.739. The van der Waals surface area contributed by atoms with E-state index in [9.17, 15) is 0 Å². The van der Waals surface area contributed by atoms with Crippen LogP contribution in [0.4, 0.5) is 0 Å². The number of halogens is 1. The summed E-state index contributed by atoms with van der Waals surface area (Å²) >= 11 is 3.26. The minimum Gasteiger partial charge on any atom is -0.328 e. The number of hydrogen-bond donors (Lipinski definition) is 1. The molecule has 0 radical (unpaired) electrons. The Balaban J connectivity index is 3.28. The number of nitrogens with two attached hydrogens (primary N) is 1. The van der Waals surface area contributed by atoms with Crippen molar-refractivity contribution in [2.24, 2.45) is 5.73 Å². The molecule has 0 amide bonds. The van der Waals surface area contributed by atoms with Gasteiger partial charge in [0.2, 0.25) is 0 Å². The Labute approximate surface area is 65.4 Å². The molecule has 0 rings (SSSR count). The lowest BCUT2D eigenvalue weighted by Crippen LogP contribution is -2.13. The van der Waals surface area contributed by atoms with E-state index < -0.39 is 0 Å². The molecule has 0 aromatic rings. The van der Waals surface area contributed by atoms with Crippen LogP contribution < -0.4 is 5.73 Å². The van der Waals surface area contributed by atoms with Crippen molar-refractivity contribution in [1.29, 1.82) is 0 Å². The van der Waals surface area contributed by atoms with Gasteiger partial charge < -0.3 is 5.73 Å². The highest BCUT2D eigenvalue weighted by molar-refractivity contribution is 9.11. The maximum absolute atomic E-state index is 5.55. The van der Waals surface area contributed by atoms with Crippen LogP contribution in [0.2, 0.25) is 0 Å². The summed E-state index contributed by atoms with van der Waals surface area (Å²) < 4.78 is 0. The highest BCUT2D eigenvalue weighted by Gasteiger charge is 1.93. The highest BCUT2D eigenvalue weighted by Crippen LogP contribution is 2.06. The minimum absolute atomic E-state index is 0.326. The summed E-state index contributed by atoms with van der Waals surface area (Å²) in [5.74, 6) is 0. The van der Waals surface area contributed by atoms with Crippen LogP contribution in [0, 0.1) is 0 Å². The number of allylic oxidation sites excluding steroid dienone is 1. The first-order valence-corrected chi connectivity index (χ1v) is 4.10. The van der Waals surface area contributed by atoms with Gasteiger partial charge in [-0.25, -0.2) is 0 Å². The molecule has 0 fully saturated rings. The monoisotopic (exact) mass is 191 g/mol. The van der Waals surface area contributed by atoms with Crippen molar-refractivity contribution in [1.82, 2.24) is 0 Å². The second-order valence-corrected chi connectivity index (χ2v) is 2.93. The van der Waals surface area contributed by atoms with E-state index in [2.05, 4.69) is 22.9 Å². The maximum Gasteiger partial charge on any atom is 0.00135 e. The van der Waals surface area contributed by atoms with Gasteiger partial charge in [-0.05, 0) is 31.7 Å². The molecule has 0 aliphatic heterocycles. The molecule has 0 saturated heterocycles. The summed E-state index contributed by atoms with van der Waals surface area (Å²) in [6, 6.07) is 0.326. The number of hydrogen-bond acceptors (Lipinski definition) is 1. The number of rotatable bonds is 3. The van der Waals surface area contributed by atoms with E-state index in [0.717, 1.165) is 12.8 Å². The third-order valence-corrected chi connectivity index (χ3v) is 1.96. The minimum atomic E-state index is 0.326. The molecule has 1 nitrogen and oxygen atoms in total. The summed E-state index contributed by atoms with van der Waals surface area (Å²) in [4.78, 5) is 1.95. The lowest BCUT2D eigenvalue weighted by Gasteiger charge is -2.02. The van der Waals surface area contributed by atoms with Gasteiger partial charge in [-0.3, -0.25) is 0 Å². The van der Waals surface area contributed by atoms with E-state index in [1.54, 1.807) is 0 Å². The largest absolute Gasteiger partial charge is 0.328 e. The Morgan fingerprint density at radius 1 is 1.78 bits per heavy atom. The quantitative estimate of drug-likeness (QED) is 0.729. The van der Waals surface area contributed by atoms with E-state index in [-0.39, 0.29) is 0 Å². The van der Waals surface area contributed by atoms with Crippen LogP contribution in [0.5, 0.6) is 0 Å². The standard InChI is InChI=1S/C7H14BrN/c1-6(5-8)3-4-7(2)9/h5,7H,3-4,9H2,1-2H3/b6-5+. The first-order chi connectivity index (χ1) is 4.16. The summed E-state index contributed by atoms with van der Waals surface area (Å²) in [5, 5.41) is 0. The molecule has 0 aliphatic carbocycles. The fraction of sp³-hybridized carbons (Fsp3) is 0.714. The Morgan fingerprint density at radius 3 is 2.67 bits per heavy atom. The lowest BCUT2D eigenvalue weighted by molar-refractivity contribution is 0.663. The van der Waals surface area contributed by atoms with Gasteiger partial charge in [0.05, 0.1) is 0 Å². The van der Waals surface area contributed by atoms with E-state index in [1.165, 1.54) is 5.57 Å². The summed E-state index contributed by atoms with van der Waals surface area (Å²) in [6.07, 6.45) is 2.18. The predicted octanol–water partition coefficient (Wildman–Crippen LogP) is 2.41. The third-order valence-electron chi connectivity index (χ3n) is 1.18. The molecule has 2 N–H and O–H groups in total. The average molecular weight is 192 g/mol. The van der Waals surface area contributed by atoms with Gasteiger partial charge in [-0.15, -0.1) is 0 Å². The molecular formula is C7H14BrN. The Morgan fingerprint density at radius 2 is 2.33 bits per heavy atom. The van der Waals surface area contributed by atoms with Crippen LogP contribution in [0.3, 0.4) is 0 Å². The average Bonchev–Trinajstić information content (AvgIpc) is 1.83. The van der Waals surface area contributed by atoms with Crippen LogP contribution in [-0.2, 0) is 0 Å². The molecule has 2 heteroatoms. The smallest absolute Gasteiger partial charge is 0.00135 e. The van der Waals surface area contributed by atoms with Crippen molar-refractivity contribution >= 4 is 15.9 Å². The van der Waals surface area contributed by atoms with Crippen LogP contribution in [0.15, 0.2) is 10.6 Å². The highest BCUT2D eigenvalue weighted by atomic mass is 79.9. The van der Waals surface area contributed by atoms with Crippen molar-refractivity contribution in [3.63, 3.8) is 0 Å². The first kappa shape index (κ1) is 9.18. The summed E-state index contributed by atoms with van der Waals surface area (Å²) in [6.45, 7) is 4.12. The van der Waals surface area contributed by atoms with Crippen molar-refractivity contribution in [2.75, 3.05) is 0 Å². The van der Waals surface area contributed by atoms with E-state index >= 15 is 0 Å². The lowest BCUT2D eigenvalue weighted by atomic mass is 10.1. The Bertz CT molecular complexity index is 97.1. The predicted molar refractivity (Wildman–Crippen MR) is 45.6 cm³/mol. The molecule has 1 unspecified atom stereocenters. The Hall–Kier alpha value is 0.180. The van der Waals surface area contributed by atoms with Crippen LogP contribution in [0.25, 0.3) is 0 Å². The van der Waals surface area contributed by atoms with Crippen molar-refractivity contribution in [2.45, 2.75) is 32.7 Å². The van der Waals surface area contributed by atoms with Crippen LogP contribution in [-0.4, -0.2) is 6.04 Å². The molecule has 9 heavy (non-hydrogen) atoms. The second-order valence-electron chi connectivity index (χ2n) is 2.47. The van der Waals surface area contributed by atoms with Crippen molar-refractivity contribution < 1.29 is 0 Å². The molecule has 0 heterocycles. The zero-order valence-electron chi connectivity index (χ0n) is 6.02. The molecule has 54 valence electrons. The van der Waals surface area contributed by atoms with Gasteiger partial charge in [0.1, 0.15) is 0 Å². The third kappa shape index (κ3) is 6.06. The molecule has 0 aromatic carbocycles. The van der Waals surface area contributed by atoms with Gasteiger partial charge >= 0.3 is 0 Å². The van der Waals surface area contributed by atoms with Crippen LogP contribution in [0.1, 0.15) is 26.7 Å². The molecule has 0 bridgehead atoms. The molecule has 0 saturated carbocycles. The van der Waals surface area contributed by atoms with Crippen molar-refractivity contribution in [3.8, 4) is 0 Å². The molecular weight excluding hydrogens is 178 g/mol. The summed E-state index contributed by atoms with van der Waals surface area (Å²) in [5.41, 5.74) is 6.91. The fourth-order valence-electron chi connectivity index (χ4n) is 0.510. The topological polar surface area (TPSA) is 26.0 Å². The van der Waals surface area contributed by atoms with Crippen LogP contribution >= 0.6 is 15.9 Å². The Kier molecular flexibility index (Phi) is 5.10. The molecule has 0 spiro atoms. The second kappa shape index (κ2) is 5.00. The maximum atomic E-state index is 5.55. The van der Waals surface area contributed by atoms with Gasteiger partial charge in [0.25, 0.3) is 0 Å². The molecule has 1 atom stereocenters. The van der Waals surface area contributed by atoms with Crippen molar-refractivity contribution in [3.05, 3.63) is 10.6 Å². The van der Waals surface area contributed by atoms with Gasteiger partial charge in [-0.1, -0.05) is 21.5 Å². The zero-order valence-corrected chi connectivity index (χ0v) is 7.61. The van der Waals surface area contributed by atoms with E-state index in [1.807, 2.05) is 11.9 Å². The first-order valence-electron chi connectivity index (χ1n) is 3.18. The zero-order chi connectivity index (χ0) is 7.28. The summed E-state index contributed by atoms with van der Waals surface area (Å²) in [7, 11) is 0.